The Morgan fingerprint density at radius 1 is 1.44 bits per heavy atom. The first-order valence-corrected chi connectivity index (χ1v) is 7.86. The van der Waals surface area contributed by atoms with E-state index in [-0.39, 0.29) is 12.2 Å². The molecule has 0 aliphatic rings. The number of esters is 1. The van der Waals surface area contributed by atoms with Crippen molar-refractivity contribution in [2.24, 2.45) is 10.1 Å². The summed E-state index contributed by atoms with van der Waals surface area (Å²) >= 11 is 6.14. The molecular formula is C17H20ClN5O2. The van der Waals surface area contributed by atoms with Crippen LogP contribution in [0.2, 0.25) is 5.02 Å². The van der Waals surface area contributed by atoms with Gasteiger partial charge in [0.2, 0.25) is 5.96 Å². The van der Waals surface area contributed by atoms with Crippen LogP contribution in [0.1, 0.15) is 19.4 Å². The fourth-order valence-corrected chi connectivity index (χ4v) is 1.93. The minimum Gasteiger partial charge on any atom is -0.462 e. The smallest absolute Gasteiger partial charge is 0.350 e. The molecule has 7 nitrogen and oxygen atoms in total. The van der Waals surface area contributed by atoms with Crippen LogP contribution in [0.4, 0.5) is 0 Å². The number of nitrogens with one attached hydrogen (secondary N) is 1. The number of benzene rings is 1. The third-order valence-corrected chi connectivity index (χ3v) is 3.27. The van der Waals surface area contributed by atoms with Crippen LogP contribution in [0.25, 0.3) is 0 Å². The molecule has 0 radical (unpaired) electrons. The van der Waals surface area contributed by atoms with Crippen LogP contribution in [0.5, 0.6) is 0 Å². The van der Waals surface area contributed by atoms with E-state index in [1.165, 1.54) is 0 Å². The molecule has 1 aromatic rings. The van der Waals surface area contributed by atoms with Gasteiger partial charge in [0.1, 0.15) is 6.07 Å². The van der Waals surface area contributed by atoms with Gasteiger partial charge in [0.15, 0.2) is 5.57 Å². The van der Waals surface area contributed by atoms with E-state index >= 15 is 0 Å². The number of aliphatic imine (C=N–C) groups is 1. The summed E-state index contributed by atoms with van der Waals surface area (Å²) in [6.45, 7) is 3.65. The van der Waals surface area contributed by atoms with Gasteiger partial charge >= 0.3 is 5.97 Å². The third kappa shape index (κ3) is 6.28. The van der Waals surface area contributed by atoms with Crippen LogP contribution in [0, 0.1) is 11.3 Å². The zero-order valence-corrected chi connectivity index (χ0v) is 15.3. The van der Waals surface area contributed by atoms with Gasteiger partial charge in [-0.15, -0.1) is 0 Å². The summed E-state index contributed by atoms with van der Waals surface area (Å²) in [7, 11) is 3.49. The number of nitrogens with zero attached hydrogens (tertiary/aromatic N) is 4. The Balaban J connectivity index is 3.01. The predicted octanol–water partition coefficient (Wildman–Crippen LogP) is 2.54. The van der Waals surface area contributed by atoms with E-state index in [1.54, 1.807) is 45.0 Å². The first-order valence-electron chi connectivity index (χ1n) is 7.48. The monoisotopic (exact) mass is 361 g/mol. The fourth-order valence-electron chi connectivity index (χ4n) is 1.65. The highest BCUT2D eigenvalue weighted by atomic mass is 35.5. The predicted molar refractivity (Wildman–Crippen MR) is 98.2 cm³/mol. The number of rotatable bonds is 5. The lowest BCUT2D eigenvalue weighted by atomic mass is 10.1. The molecule has 0 saturated heterocycles. The Hall–Kier alpha value is -2.85. The molecule has 0 saturated carbocycles. The summed E-state index contributed by atoms with van der Waals surface area (Å²) in [5.74, 6) is -0.383. The Bertz CT molecular complexity index is 748. The number of guanidine groups is 1. The van der Waals surface area contributed by atoms with Crippen LogP contribution in [0.15, 0.2) is 46.1 Å². The van der Waals surface area contributed by atoms with E-state index in [0.717, 1.165) is 11.8 Å². The van der Waals surface area contributed by atoms with Gasteiger partial charge in [0, 0.05) is 24.7 Å². The molecule has 1 rings (SSSR count). The maximum atomic E-state index is 11.6. The summed E-state index contributed by atoms with van der Waals surface area (Å²) in [5, 5.41) is 13.8. The molecule has 0 amide bonds. The van der Waals surface area contributed by atoms with Crippen LogP contribution in [-0.2, 0) is 9.53 Å². The van der Waals surface area contributed by atoms with Gasteiger partial charge in [-0.25, -0.2) is 15.2 Å². The van der Waals surface area contributed by atoms with Crippen molar-refractivity contribution in [3.8, 4) is 6.07 Å². The molecule has 8 heteroatoms. The van der Waals surface area contributed by atoms with Crippen molar-refractivity contribution in [1.82, 2.24) is 10.3 Å². The van der Waals surface area contributed by atoms with Crippen molar-refractivity contribution in [3.63, 3.8) is 0 Å². The average Bonchev–Trinajstić information content (AvgIpc) is 2.58. The van der Waals surface area contributed by atoms with Crippen molar-refractivity contribution >= 4 is 29.2 Å². The van der Waals surface area contributed by atoms with E-state index in [4.69, 9.17) is 21.6 Å². The number of hydrazone groups is 1. The molecule has 0 fully saturated rings. The van der Waals surface area contributed by atoms with E-state index in [0.29, 0.717) is 16.7 Å². The number of halogens is 1. The number of ether oxygens (including phenoxy) is 1. The lowest BCUT2D eigenvalue weighted by Crippen LogP contribution is -2.33. The average molecular weight is 362 g/mol. The highest BCUT2D eigenvalue weighted by molar-refractivity contribution is 6.34. The molecular weight excluding hydrogens is 342 g/mol. The first kappa shape index (κ1) is 20.2. The maximum absolute atomic E-state index is 11.6. The second-order valence-electron chi connectivity index (χ2n) is 5.01. The second-order valence-corrected chi connectivity index (χ2v) is 5.42. The lowest BCUT2D eigenvalue weighted by molar-refractivity contribution is -0.138. The zero-order valence-electron chi connectivity index (χ0n) is 14.6. The minimum absolute atomic E-state index is 0.182. The molecule has 0 aliphatic carbocycles. The Kier molecular flexibility index (Phi) is 8.16. The largest absolute Gasteiger partial charge is 0.462 e. The molecule has 0 bridgehead atoms. The molecule has 0 aromatic heterocycles. The Morgan fingerprint density at radius 2 is 2.12 bits per heavy atom. The summed E-state index contributed by atoms with van der Waals surface area (Å²) in [6, 6.07) is 9.09. The van der Waals surface area contributed by atoms with Crippen LogP contribution in [0.3, 0.4) is 0 Å². The standard InChI is InChI=1S/C17H20ClN5O2/c1-5-25-16(24)13(10-19)11-20-17(23(3)4)22-21-12(2)14-8-6-7-9-15(14)18/h6-9,11H,5H2,1-4H3,(H,20,22)/b13-11+,21-12+. The molecule has 132 valence electrons. The topological polar surface area (TPSA) is 90.1 Å². The van der Waals surface area contributed by atoms with E-state index < -0.39 is 5.97 Å². The highest BCUT2D eigenvalue weighted by Gasteiger charge is 2.10. The molecule has 0 unspecified atom stereocenters. The highest BCUT2D eigenvalue weighted by Crippen LogP contribution is 2.15. The summed E-state index contributed by atoms with van der Waals surface area (Å²) < 4.78 is 4.78. The molecule has 1 aromatic carbocycles. The molecule has 0 aliphatic heterocycles. The zero-order chi connectivity index (χ0) is 18.8. The molecule has 0 spiro atoms. The number of nitriles is 1. The van der Waals surface area contributed by atoms with Crippen LogP contribution >= 0.6 is 11.6 Å². The quantitative estimate of drug-likeness (QED) is 0.217. The third-order valence-electron chi connectivity index (χ3n) is 2.94. The summed E-state index contributed by atoms with van der Waals surface area (Å²) in [5.41, 5.74) is 4.04. The van der Waals surface area contributed by atoms with Gasteiger partial charge in [-0.3, -0.25) is 0 Å². The van der Waals surface area contributed by atoms with Crippen LogP contribution in [-0.4, -0.2) is 43.2 Å². The Morgan fingerprint density at radius 3 is 2.68 bits per heavy atom. The van der Waals surface area contributed by atoms with Crippen molar-refractivity contribution in [1.29, 1.82) is 5.26 Å². The molecule has 25 heavy (non-hydrogen) atoms. The van der Waals surface area contributed by atoms with Crippen molar-refractivity contribution in [3.05, 3.63) is 46.6 Å². The van der Waals surface area contributed by atoms with Gasteiger partial charge < -0.3 is 9.64 Å². The van der Waals surface area contributed by atoms with Crippen molar-refractivity contribution in [2.75, 3.05) is 20.7 Å². The van der Waals surface area contributed by atoms with Gasteiger partial charge in [-0.05, 0) is 19.9 Å². The fraction of sp³-hybridized carbons (Fsp3) is 0.294. The second kappa shape index (κ2) is 10.1. The molecule has 1 N–H and O–H groups in total. The van der Waals surface area contributed by atoms with Gasteiger partial charge in [0.05, 0.1) is 18.5 Å². The van der Waals surface area contributed by atoms with E-state index in [9.17, 15) is 4.79 Å². The van der Waals surface area contributed by atoms with Crippen molar-refractivity contribution in [2.45, 2.75) is 13.8 Å². The van der Waals surface area contributed by atoms with Gasteiger partial charge in [-0.2, -0.15) is 10.4 Å². The minimum atomic E-state index is -0.720. The Labute approximate surface area is 152 Å². The van der Waals surface area contributed by atoms with Gasteiger partial charge in [-0.1, -0.05) is 29.8 Å². The number of carbonyl (C=O) groups is 1. The van der Waals surface area contributed by atoms with Crippen LogP contribution < -0.4 is 5.43 Å². The normalized spacial score (nSPS) is 12.4. The number of hydrogen-bond donors (Lipinski definition) is 1. The summed E-state index contributed by atoms with van der Waals surface area (Å²) in [4.78, 5) is 17.3. The molecule has 0 heterocycles. The van der Waals surface area contributed by atoms with Crippen molar-refractivity contribution < 1.29 is 9.53 Å². The SMILES string of the molecule is CCOC(=O)/C(C#N)=C/N=C(N/N=C(\C)c1ccccc1Cl)N(C)C. The number of hydrogen-bond acceptors (Lipinski definition) is 5. The molecule has 0 atom stereocenters. The lowest BCUT2D eigenvalue weighted by Gasteiger charge is -2.14. The van der Waals surface area contributed by atoms with Gasteiger partial charge in [0.25, 0.3) is 0 Å². The van der Waals surface area contributed by atoms with E-state index in [1.807, 2.05) is 18.2 Å². The van der Waals surface area contributed by atoms with E-state index in [2.05, 4.69) is 15.5 Å². The summed E-state index contributed by atoms with van der Waals surface area (Å²) in [6.07, 6.45) is 1.14. The maximum Gasteiger partial charge on any atom is 0.350 e. The first-order chi connectivity index (χ1) is 11.9. The number of carbonyl (C=O) groups excluding carboxylic acids is 1.